The highest BCUT2D eigenvalue weighted by atomic mass is 15.0. The van der Waals surface area contributed by atoms with Crippen molar-refractivity contribution in [3.05, 3.63) is 200 Å². The summed E-state index contributed by atoms with van der Waals surface area (Å²) in [5, 5.41) is 25.9. The average molecular weight is 768 g/mol. The fraction of sp³-hybridized carbons (Fsp3) is 0. The Bertz CT molecular complexity index is 4080. The van der Waals surface area contributed by atoms with Crippen LogP contribution in [0.25, 0.3) is 147 Å². The topological polar surface area (TPSA) is 4.93 Å². The van der Waals surface area contributed by atoms with Gasteiger partial charge in [0.05, 0.1) is 16.7 Å². The van der Waals surface area contributed by atoms with E-state index in [4.69, 9.17) is 0 Å². The van der Waals surface area contributed by atoms with Crippen molar-refractivity contribution in [1.82, 2.24) is 4.57 Å². The highest BCUT2D eigenvalue weighted by molar-refractivity contribution is 6.30. The Morgan fingerprint density at radius 3 is 1.18 bits per heavy atom. The van der Waals surface area contributed by atoms with Crippen molar-refractivity contribution in [2.24, 2.45) is 0 Å². The van der Waals surface area contributed by atoms with Gasteiger partial charge in [-0.25, -0.2) is 0 Å². The zero-order valence-corrected chi connectivity index (χ0v) is 33.0. The third-order valence-corrected chi connectivity index (χ3v) is 14.1. The Morgan fingerprint density at radius 2 is 0.639 bits per heavy atom. The summed E-state index contributed by atoms with van der Waals surface area (Å²) in [6, 6.07) is 75.9. The van der Waals surface area contributed by atoms with E-state index in [0.717, 1.165) is 0 Å². The van der Waals surface area contributed by atoms with Gasteiger partial charge in [-0.2, -0.15) is 0 Å². The van der Waals surface area contributed by atoms with Crippen LogP contribution in [-0.2, 0) is 0 Å². The second kappa shape index (κ2) is 11.4. The fourth-order valence-electron chi connectivity index (χ4n) is 11.5. The van der Waals surface area contributed by atoms with Gasteiger partial charge >= 0.3 is 0 Å². The van der Waals surface area contributed by atoms with Crippen LogP contribution < -0.4 is 0 Å². The van der Waals surface area contributed by atoms with E-state index >= 15 is 0 Å². The van der Waals surface area contributed by atoms with Gasteiger partial charge in [0.1, 0.15) is 0 Å². The first-order valence-electron chi connectivity index (χ1n) is 21.3. The van der Waals surface area contributed by atoms with E-state index in [1.807, 2.05) is 0 Å². The lowest BCUT2D eigenvalue weighted by Gasteiger charge is -2.17. The van der Waals surface area contributed by atoms with Gasteiger partial charge in [-0.15, -0.1) is 0 Å². The summed E-state index contributed by atoms with van der Waals surface area (Å²) >= 11 is 0. The number of hydrogen-bond donors (Lipinski definition) is 0. The summed E-state index contributed by atoms with van der Waals surface area (Å²) in [5.74, 6) is 0. The lowest BCUT2D eigenvalue weighted by molar-refractivity contribution is 1.20. The molecule has 15 rings (SSSR count). The largest absolute Gasteiger partial charge is 0.309 e. The Kier molecular flexibility index (Phi) is 5.96. The first kappa shape index (κ1) is 31.9. The molecule has 1 nitrogen and oxygen atoms in total. The summed E-state index contributed by atoms with van der Waals surface area (Å²) in [6.07, 6.45) is 0. The van der Waals surface area contributed by atoms with E-state index in [-0.39, 0.29) is 0 Å². The smallest absolute Gasteiger partial charge is 0.0553 e. The number of aromatic nitrogens is 1. The first-order valence-corrected chi connectivity index (χ1v) is 21.3. The molecule has 15 aromatic rings. The van der Waals surface area contributed by atoms with Crippen molar-refractivity contribution >= 4 is 119 Å². The summed E-state index contributed by atoms with van der Waals surface area (Å²) in [6.45, 7) is 0. The average Bonchev–Trinajstić information content (AvgIpc) is 3.65. The van der Waals surface area contributed by atoms with Crippen molar-refractivity contribution in [3.8, 4) is 27.9 Å². The molecule has 0 saturated heterocycles. The molecule has 1 heteroatoms. The number of fused-ring (bicyclic) bond motifs is 3. The minimum absolute atomic E-state index is 1.20. The van der Waals surface area contributed by atoms with Crippen LogP contribution in [0.1, 0.15) is 0 Å². The molecule has 0 bridgehead atoms. The summed E-state index contributed by atoms with van der Waals surface area (Å²) in [7, 11) is 0. The van der Waals surface area contributed by atoms with Gasteiger partial charge in [0, 0.05) is 16.2 Å². The molecule has 0 fully saturated rings. The van der Waals surface area contributed by atoms with Crippen LogP contribution in [0.5, 0.6) is 0 Å². The van der Waals surface area contributed by atoms with E-state index in [0.29, 0.717) is 0 Å². The van der Waals surface area contributed by atoms with Crippen molar-refractivity contribution in [2.45, 2.75) is 0 Å². The van der Waals surface area contributed by atoms with Gasteiger partial charge in [0.2, 0.25) is 0 Å². The Hall–Kier alpha value is -8.00. The molecule has 0 amide bonds. The zero-order chi connectivity index (χ0) is 39.5. The van der Waals surface area contributed by atoms with Crippen LogP contribution in [0.2, 0.25) is 0 Å². The summed E-state index contributed by atoms with van der Waals surface area (Å²) in [5.41, 5.74) is 8.64. The molecule has 0 N–H and O–H groups in total. The van der Waals surface area contributed by atoms with Crippen LogP contribution in [0.4, 0.5) is 0 Å². The Labute approximate surface area is 349 Å². The fourth-order valence-corrected chi connectivity index (χ4v) is 11.5. The summed E-state index contributed by atoms with van der Waals surface area (Å²) in [4.78, 5) is 0. The van der Waals surface area contributed by atoms with E-state index < -0.39 is 0 Å². The third-order valence-electron chi connectivity index (χ3n) is 14.1. The molecule has 0 spiro atoms. The molecule has 278 valence electrons. The van der Waals surface area contributed by atoms with E-state index in [2.05, 4.69) is 205 Å². The van der Waals surface area contributed by atoms with Crippen LogP contribution >= 0.6 is 0 Å². The van der Waals surface area contributed by atoms with Gasteiger partial charge in [-0.3, -0.25) is 0 Å². The molecule has 0 unspecified atom stereocenters. The second-order valence-corrected chi connectivity index (χ2v) is 17.2. The van der Waals surface area contributed by atoms with Crippen molar-refractivity contribution in [2.75, 3.05) is 0 Å². The zero-order valence-electron chi connectivity index (χ0n) is 33.0. The molecule has 0 radical (unpaired) electrons. The van der Waals surface area contributed by atoms with Crippen LogP contribution in [0, 0.1) is 0 Å². The van der Waals surface area contributed by atoms with Crippen molar-refractivity contribution < 1.29 is 0 Å². The van der Waals surface area contributed by atoms with Gasteiger partial charge in [0.15, 0.2) is 0 Å². The van der Waals surface area contributed by atoms with E-state index in [1.54, 1.807) is 0 Å². The number of benzene rings is 14. The van der Waals surface area contributed by atoms with Crippen molar-refractivity contribution in [3.63, 3.8) is 0 Å². The van der Waals surface area contributed by atoms with Gasteiger partial charge in [0.25, 0.3) is 0 Å². The molecule has 14 aromatic carbocycles. The minimum Gasteiger partial charge on any atom is -0.309 e. The molecule has 0 aliphatic heterocycles. The maximum atomic E-state index is 2.60. The molecule has 0 aliphatic rings. The highest BCUT2D eigenvalue weighted by Crippen LogP contribution is 2.48. The van der Waals surface area contributed by atoms with Crippen LogP contribution in [0.3, 0.4) is 0 Å². The van der Waals surface area contributed by atoms with Gasteiger partial charge in [-0.1, -0.05) is 170 Å². The number of nitrogens with zero attached hydrogens (tertiary/aromatic N) is 1. The molecule has 61 heavy (non-hydrogen) atoms. The van der Waals surface area contributed by atoms with E-state index in [1.165, 1.54) is 147 Å². The molecule has 0 saturated carbocycles. The summed E-state index contributed by atoms with van der Waals surface area (Å²) < 4.78 is 2.60. The van der Waals surface area contributed by atoms with Gasteiger partial charge in [-0.05, 0) is 144 Å². The number of rotatable bonds is 3. The predicted molar refractivity (Wildman–Crippen MR) is 263 cm³/mol. The molecule has 1 aromatic heterocycles. The Balaban J connectivity index is 1.08. The predicted octanol–water partition coefficient (Wildman–Crippen LogP) is 16.8. The third kappa shape index (κ3) is 4.15. The molecular formula is C60H33N. The van der Waals surface area contributed by atoms with Gasteiger partial charge < -0.3 is 4.57 Å². The van der Waals surface area contributed by atoms with E-state index in [9.17, 15) is 0 Å². The monoisotopic (exact) mass is 767 g/mol. The van der Waals surface area contributed by atoms with Crippen LogP contribution in [-0.4, -0.2) is 4.57 Å². The Morgan fingerprint density at radius 1 is 0.230 bits per heavy atom. The molecule has 0 atom stereocenters. The lowest BCUT2D eigenvalue weighted by atomic mass is 9.88. The molecular weight excluding hydrogens is 735 g/mol. The standard InChI is InChI=1S/C60H33N/c1-2-12-45-40(7-1)31-52(49-14-4-3-13-48(45)49)61-53-32-43(46-25-21-38-17-15-34-8-5-10-36-23-27-50(46)57(38)55(34)36)29-41-19-20-42-30-44(33-54(61)60(42)59(41)53)47-26-22-39-18-16-35-9-6-11-37-24-28-51(47)58(39)56(35)37/h1-33H. The number of hydrogen-bond acceptors (Lipinski definition) is 0. The quantitative estimate of drug-likeness (QED) is 0.158. The lowest BCUT2D eigenvalue weighted by Crippen LogP contribution is -1.97. The first-order chi connectivity index (χ1) is 30.2. The maximum Gasteiger partial charge on any atom is 0.0553 e. The molecule has 0 aliphatic carbocycles. The SMILES string of the molecule is c1ccc2c(c1)cc(-n1c3cc(-c4ccc5ccc6cccc7ccc4c5c67)cc4ccc5cc(-c6ccc7ccc8cccc9ccc6c7c89)cc1c5c43)c1ccccc12. The maximum absolute atomic E-state index is 2.60. The van der Waals surface area contributed by atoms with Crippen molar-refractivity contribution in [1.29, 1.82) is 0 Å². The highest BCUT2D eigenvalue weighted by Gasteiger charge is 2.23. The normalized spacial score (nSPS) is 12.6. The minimum atomic E-state index is 1.20. The van der Waals surface area contributed by atoms with Crippen LogP contribution in [0.15, 0.2) is 200 Å². The second-order valence-electron chi connectivity index (χ2n) is 17.2. The molecule has 1 heterocycles.